The Labute approximate surface area is 121 Å². The van der Waals surface area contributed by atoms with Crippen molar-refractivity contribution in [1.82, 2.24) is 4.31 Å². The Hall–Kier alpha value is -0.460. The summed E-state index contributed by atoms with van der Waals surface area (Å²) >= 11 is 0. The van der Waals surface area contributed by atoms with Crippen LogP contribution in [0.5, 0.6) is 0 Å². The first-order valence-corrected chi connectivity index (χ1v) is 9.38. The fourth-order valence-electron chi connectivity index (χ4n) is 3.12. The summed E-state index contributed by atoms with van der Waals surface area (Å²) in [6, 6.07) is 0. The number of sulfonamides is 1. The molecule has 0 saturated carbocycles. The SMILES string of the molecule is CS(=O)(=O)N1CCCC(CC(=O)CC2CCCCO2)C1. The molecule has 20 heavy (non-hydrogen) atoms. The molecule has 5 nitrogen and oxygen atoms in total. The second-order valence-electron chi connectivity index (χ2n) is 6.06. The van der Waals surface area contributed by atoms with E-state index in [0.29, 0.717) is 25.9 Å². The predicted octanol–water partition coefficient (Wildman–Crippen LogP) is 1.58. The number of piperidine rings is 1. The molecule has 0 spiro atoms. The average Bonchev–Trinajstić information content (AvgIpc) is 2.39. The summed E-state index contributed by atoms with van der Waals surface area (Å²) in [6.07, 6.45) is 7.33. The van der Waals surface area contributed by atoms with Crippen molar-refractivity contribution in [1.29, 1.82) is 0 Å². The molecule has 0 radical (unpaired) electrons. The van der Waals surface area contributed by atoms with E-state index < -0.39 is 10.0 Å². The van der Waals surface area contributed by atoms with Gasteiger partial charge in [-0.1, -0.05) is 0 Å². The third-order valence-corrected chi connectivity index (χ3v) is 5.47. The number of carbonyl (C=O) groups excluding carboxylic acids is 1. The molecule has 0 aromatic rings. The number of nitrogens with zero attached hydrogens (tertiary/aromatic N) is 1. The Morgan fingerprint density at radius 3 is 2.65 bits per heavy atom. The molecule has 6 heteroatoms. The van der Waals surface area contributed by atoms with Crippen LogP contribution < -0.4 is 0 Å². The number of hydrogen-bond acceptors (Lipinski definition) is 4. The normalized spacial score (nSPS) is 29.2. The van der Waals surface area contributed by atoms with Gasteiger partial charge in [0.1, 0.15) is 5.78 Å². The molecule has 2 aliphatic rings. The van der Waals surface area contributed by atoms with Gasteiger partial charge in [0.05, 0.1) is 12.4 Å². The zero-order valence-corrected chi connectivity index (χ0v) is 13.0. The smallest absolute Gasteiger partial charge is 0.211 e. The van der Waals surface area contributed by atoms with Crippen LogP contribution in [0.25, 0.3) is 0 Å². The second kappa shape index (κ2) is 7.00. The summed E-state index contributed by atoms with van der Waals surface area (Å²) in [5, 5.41) is 0. The molecule has 0 bridgehead atoms. The van der Waals surface area contributed by atoms with Crippen LogP contribution in [-0.4, -0.2) is 50.6 Å². The van der Waals surface area contributed by atoms with E-state index in [2.05, 4.69) is 0 Å². The number of rotatable bonds is 5. The number of ether oxygens (including phenoxy) is 1. The first-order chi connectivity index (χ1) is 9.45. The van der Waals surface area contributed by atoms with Gasteiger partial charge in [-0.2, -0.15) is 0 Å². The molecule has 0 N–H and O–H groups in total. The molecule has 116 valence electrons. The topological polar surface area (TPSA) is 63.7 Å². The van der Waals surface area contributed by atoms with E-state index in [1.165, 1.54) is 10.6 Å². The van der Waals surface area contributed by atoms with Crippen molar-refractivity contribution in [3.05, 3.63) is 0 Å². The Bertz CT molecular complexity index is 428. The molecule has 0 aromatic carbocycles. The minimum Gasteiger partial charge on any atom is -0.378 e. The molecule has 2 rings (SSSR count). The van der Waals surface area contributed by atoms with Gasteiger partial charge in [-0.25, -0.2) is 12.7 Å². The van der Waals surface area contributed by atoms with Gasteiger partial charge in [-0.15, -0.1) is 0 Å². The van der Waals surface area contributed by atoms with Crippen LogP contribution in [0.4, 0.5) is 0 Å². The molecule has 0 aliphatic carbocycles. The van der Waals surface area contributed by atoms with Crippen molar-refractivity contribution >= 4 is 15.8 Å². The van der Waals surface area contributed by atoms with Gasteiger partial charge in [0.2, 0.25) is 10.0 Å². The van der Waals surface area contributed by atoms with E-state index in [1.807, 2.05) is 0 Å². The van der Waals surface area contributed by atoms with Crippen LogP contribution in [0.15, 0.2) is 0 Å². The molecule has 2 fully saturated rings. The zero-order valence-electron chi connectivity index (χ0n) is 12.2. The average molecular weight is 303 g/mol. The highest BCUT2D eigenvalue weighted by Gasteiger charge is 2.28. The summed E-state index contributed by atoms with van der Waals surface area (Å²) in [5.41, 5.74) is 0. The summed E-state index contributed by atoms with van der Waals surface area (Å²) in [7, 11) is -3.12. The molecule has 0 aromatic heterocycles. The van der Waals surface area contributed by atoms with Crippen LogP contribution in [0.3, 0.4) is 0 Å². The first-order valence-electron chi connectivity index (χ1n) is 7.53. The molecule has 2 aliphatic heterocycles. The third-order valence-electron chi connectivity index (χ3n) is 4.20. The van der Waals surface area contributed by atoms with Gasteiger partial charge in [-0.05, 0) is 38.0 Å². The highest BCUT2D eigenvalue weighted by Crippen LogP contribution is 2.24. The minimum atomic E-state index is -3.12. The quantitative estimate of drug-likeness (QED) is 0.773. The fourth-order valence-corrected chi connectivity index (χ4v) is 4.06. The van der Waals surface area contributed by atoms with Gasteiger partial charge in [0.15, 0.2) is 0 Å². The highest BCUT2D eigenvalue weighted by atomic mass is 32.2. The lowest BCUT2D eigenvalue weighted by Crippen LogP contribution is -2.40. The van der Waals surface area contributed by atoms with Gasteiger partial charge in [0, 0.05) is 32.5 Å². The van der Waals surface area contributed by atoms with E-state index in [0.717, 1.165) is 38.7 Å². The van der Waals surface area contributed by atoms with E-state index in [-0.39, 0.29) is 17.8 Å². The molecule has 2 atom stereocenters. The second-order valence-corrected chi connectivity index (χ2v) is 8.05. The number of ketones is 1. The number of Topliss-reactive ketones (excluding diaryl/α,β-unsaturated/α-hetero) is 1. The van der Waals surface area contributed by atoms with Crippen molar-refractivity contribution in [3.63, 3.8) is 0 Å². The Balaban J connectivity index is 1.78. The molecule has 2 unspecified atom stereocenters. The largest absolute Gasteiger partial charge is 0.378 e. The van der Waals surface area contributed by atoms with Crippen molar-refractivity contribution in [2.75, 3.05) is 26.0 Å². The predicted molar refractivity (Wildman–Crippen MR) is 77.0 cm³/mol. The highest BCUT2D eigenvalue weighted by molar-refractivity contribution is 7.88. The van der Waals surface area contributed by atoms with Crippen LogP contribution in [-0.2, 0) is 19.6 Å². The molecular formula is C14H25NO4S. The van der Waals surface area contributed by atoms with Gasteiger partial charge in [-0.3, -0.25) is 4.79 Å². The van der Waals surface area contributed by atoms with Gasteiger partial charge >= 0.3 is 0 Å². The maximum absolute atomic E-state index is 12.1. The summed E-state index contributed by atoms with van der Waals surface area (Å²) in [6.45, 7) is 1.86. The maximum atomic E-state index is 12.1. The lowest BCUT2D eigenvalue weighted by molar-refractivity contribution is -0.124. The van der Waals surface area contributed by atoms with Gasteiger partial charge in [0.25, 0.3) is 0 Å². The Morgan fingerprint density at radius 2 is 2.00 bits per heavy atom. The number of carbonyl (C=O) groups is 1. The summed E-state index contributed by atoms with van der Waals surface area (Å²) in [4.78, 5) is 12.1. The third kappa shape index (κ3) is 4.82. The summed E-state index contributed by atoms with van der Waals surface area (Å²) in [5.74, 6) is 0.395. The Kier molecular flexibility index (Phi) is 5.57. The molecule has 2 saturated heterocycles. The molecule has 0 amide bonds. The monoisotopic (exact) mass is 303 g/mol. The van der Waals surface area contributed by atoms with Crippen molar-refractivity contribution in [3.8, 4) is 0 Å². The van der Waals surface area contributed by atoms with Crippen LogP contribution >= 0.6 is 0 Å². The standard InChI is InChI=1S/C14H25NO4S/c1-20(17,18)15-7-4-5-12(11-15)9-13(16)10-14-6-2-3-8-19-14/h12,14H,2-11H2,1H3. The zero-order chi connectivity index (χ0) is 14.6. The van der Waals surface area contributed by atoms with Gasteiger partial charge < -0.3 is 4.74 Å². The lowest BCUT2D eigenvalue weighted by Gasteiger charge is -2.31. The van der Waals surface area contributed by atoms with Crippen LogP contribution in [0, 0.1) is 5.92 Å². The number of hydrogen-bond donors (Lipinski definition) is 0. The maximum Gasteiger partial charge on any atom is 0.211 e. The molecular weight excluding hydrogens is 278 g/mol. The van der Waals surface area contributed by atoms with E-state index in [9.17, 15) is 13.2 Å². The van der Waals surface area contributed by atoms with Crippen molar-refractivity contribution < 1.29 is 17.9 Å². The van der Waals surface area contributed by atoms with E-state index in [4.69, 9.17) is 4.74 Å². The minimum absolute atomic E-state index is 0.0888. The van der Waals surface area contributed by atoms with E-state index in [1.54, 1.807) is 0 Å². The molecule has 2 heterocycles. The van der Waals surface area contributed by atoms with Crippen LogP contribution in [0.1, 0.15) is 44.9 Å². The first kappa shape index (κ1) is 15.9. The fraction of sp³-hybridized carbons (Fsp3) is 0.929. The Morgan fingerprint density at radius 1 is 1.20 bits per heavy atom. The van der Waals surface area contributed by atoms with Crippen molar-refractivity contribution in [2.24, 2.45) is 5.92 Å². The van der Waals surface area contributed by atoms with Crippen LogP contribution in [0.2, 0.25) is 0 Å². The van der Waals surface area contributed by atoms with E-state index >= 15 is 0 Å². The lowest BCUT2D eigenvalue weighted by atomic mass is 9.91. The van der Waals surface area contributed by atoms with Crippen molar-refractivity contribution in [2.45, 2.75) is 51.0 Å². The summed E-state index contributed by atoms with van der Waals surface area (Å²) < 4.78 is 30.2.